The number of aryl methyl sites for hydroxylation is 1. The van der Waals surface area contributed by atoms with Gasteiger partial charge in [0.2, 0.25) is 0 Å². The lowest BCUT2D eigenvalue weighted by Gasteiger charge is -2.10. The number of aromatic amines is 1. The summed E-state index contributed by atoms with van der Waals surface area (Å²) in [6.45, 7) is 1.84. The normalized spacial score (nSPS) is 11.3. The number of hydrogen-bond donors (Lipinski definition) is 2. The molecule has 0 atom stereocenters. The van der Waals surface area contributed by atoms with Crippen LogP contribution in [0.5, 0.6) is 0 Å². The first kappa shape index (κ1) is 15.5. The average Bonchev–Trinajstić information content (AvgIpc) is 3.06. The smallest absolute Gasteiger partial charge is 0.265 e. The van der Waals surface area contributed by atoms with Gasteiger partial charge in [-0.05, 0) is 48.5 Å². The molecule has 1 aromatic carbocycles. The summed E-state index contributed by atoms with van der Waals surface area (Å²) in [5, 5.41) is 6.78. The number of hydrogen-bond acceptors (Lipinski definition) is 6. The van der Waals surface area contributed by atoms with Crippen molar-refractivity contribution in [2.24, 2.45) is 0 Å². The van der Waals surface area contributed by atoms with Gasteiger partial charge in [-0.15, -0.1) is 0 Å². The molecule has 0 bridgehead atoms. The van der Waals surface area contributed by atoms with Crippen molar-refractivity contribution in [3.63, 3.8) is 0 Å². The Labute approximate surface area is 137 Å². The van der Waals surface area contributed by atoms with Gasteiger partial charge in [0.25, 0.3) is 10.0 Å². The van der Waals surface area contributed by atoms with Gasteiger partial charge in [0.05, 0.1) is 11.9 Å². The number of anilines is 1. The molecule has 0 saturated carbocycles. The Hall–Kier alpha value is -2.39. The molecule has 23 heavy (non-hydrogen) atoms. The Balaban J connectivity index is 1.80. The van der Waals surface area contributed by atoms with Crippen molar-refractivity contribution in [1.82, 2.24) is 20.2 Å². The van der Waals surface area contributed by atoms with Gasteiger partial charge in [-0.1, -0.05) is 0 Å². The highest BCUT2D eigenvalue weighted by Crippen LogP contribution is 2.28. The summed E-state index contributed by atoms with van der Waals surface area (Å²) in [7, 11) is -3.64. The van der Waals surface area contributed by atoms with Crippen LogP contribution in [0.4, 0.5) is 5.69 Å². The topological polar surface area (TPSA) is 101 Å². The molecule has 0 amide bonds. The van der Waals surface area contributed by atoms with Crippen LogP contribution in [0.2, 0.25) is 0 Å². The zero-order chi connectivity index (χ0) is 16.3. The Morgan fingerprint density at radius 2 is 2.00 bits per heavy atom. The van der Waals surface area contributed by atoms with E-state index >= 15 is 0 Å². The van der Waals surface area contributed by atoms with Crippen molar-refractivity contribution >= 4 is 27.5 Å². The predicted molar refractivity (Wildman–Crippen MR) is 86.7 cm³/mol. The lowest BCUT2D eigenvalue weighted by Crippen LogP contribution is -2.13. The lowest BCUT2D eigenvalue weighted by molar-refractivity contribution is 0.601. The standard InChI is InChI=1S/C14H13N5O2S2/c1-10-7-11(22-14-15-5-2-6-16-14)3-4-13(10)19-23(20,21)12-8-17-18-9-12/h2-9,19H,1H3,(H,17,18). The third kappa shape index (κ3) is 3.69. The van der Waals surface area contributed by atoms with Crippen molar-refractivity contribution in [2.45, 2.75) is 21.9 Å². The Morgan fingerprint density at radius 3 is 2.65 bits per heavy atom. The van der Waals surface area contributed by atoms with Crippen LogP contribution in [0.15, 0.2) is 64.0 Å². The third-order valence-corrected chi connectivity index (χ3v) is 5.19. The van der Waals surface area contributed by atoms with E-state index in [1.54, 1.807) is 24.5 Å². The summed E-state index contributed by atoms with van der Waals surface area (Å²) in [5.41, 5.74) is 1.32. The molecule has 0 saturated heterocycles. The van der Waals surface area contributed by atoms with Crippen LogP contribution in [0, 0.1) is 6.92 Å². The van der Waals surface area contributed by atoms with E-state index < -0.39 is 10.0 Å². The number of sulfonamides is 1. The minimum absolute atomic E-state index is 0.0908. The maximum absolute atomic E-state index is 12.2. The summed E-state index contributed by atoms with van der Waals surface area (Å²) in [6, 6.07) is 7.18. The van der Waals surface area contributed by atoms with E-state index in [9.17, 15) is 8.42 Å². The largest absolute Gasteiger partial charge is 0.284 e. The van der Waals surface area contributed by atoms with E-state index in [1.165, 1.54) is 24.2 Å². The molecule has 0 aliphatic heterocycles. The van der Waals surface area contributed by atoms with Gasteiger partial charge in [-0.2, -0.15) is 5.10 Å². The molecule has 9 heteroatoms. The number of rotatable bonds is 5. The molecule has 0 aliphatic rings. The molecule has 2 N–H and O–H groups in total. The second-order valence-corrected chi connectivity index (χ2v) is 7.37. The van der Waals surface area contributed by atoms with Gasteiger partial charge in [0.1, 0.15) is 4.90 Å². The fourth-order valence-corrected chi connectivity index (χ4v) is 3.69. The lowest BCUT2D eigenvalue weighted by atomic mass is 10.2. The van der Waals surface area contributed by atoms with Gasteiger partial charge >= 0.3 is 0 Å². The average molecular weight is 347 g/mol. The third-order valence-electron chi connectivity index (χ3n) is 2.98. The minimum atomic E-state index is -3.64. The summed E-state index contributed by atoms with van der Waals surface area (Å²) in [4.78, 5) is 9.32. The van der Waals surface area contributed by atoms with Crippen LogP contribution < -0.4 is 4.72 Å². The summed E-state index contributed by atoms with van der Waals surface area (Å²) < 4.78 is 26.9. The Bertz CT molecular complexity index is 896. The van der Waals surface area contributed by atoms with Gasteiger partial charge in [0, 0.05) is 23.5 Å². The van der Waals surface area contributed by atoms with E-state index in [0.29, 0.717) is 10.8 Å². The first-order valence-corrected chi connectivity index (χ1v) is 8.92. The number of aromatic nitrogens is 4. The number of nitrogens with one attached hydrogen (secondary N) is 2. The molecule has 2 heterocycles. The second-order valence-electron chi connectivity index (χ2n) is 4.65. The van der Waals surface area contributed by atoms with Crippen LogP contribution in [0.1, 0.15) is 5.56 Å². The van der Waals surface area contributed by atoms with Crippen molar-refractivity contribution in [3.8, 4) is 0 Å². The highest BCUT2D eigenvalue weighted by molar-refractivity contribution is 7.99. The summed E-state index contributed by atoms with van der Waals surface area (Å²) >= 11 is 1.41. The Kier molecular flexibility index (Phi) is 4.30. The van der Waals surface area contributed by atoms with E-state index in [4.69, 9.17) is 0 Å². The Morgan fingerprint density at radius 1 is 1.22 bits per heavy atom. The second kappa shape index (κ2) is 6.39. The molecule has 0 spiro atoms. The maximum Gasteiger partial charge on any atom is 0.265 e. The van der Waals surface area contributed by atoms with E-state index in [0.717, 1.165) is 10.5 Å². The van der Waals surface area contributed by atoms with Crippen molar-refractivity contribution in [3.05, 3.63) is 54.6 Å². The van der Waals surface area contributed by atoms with Crippen molar-refractivity contribution in [1.29, 1.82) is 0 Å². The summed E-state index contributed by atoms with van der Waals surface area (Å²) in [6.07, 6.45) is 5.94. The first-order chi connectivity index (χ1) is 11.0. The van der Waals surface area contributed by atoms with E-state index in [2.05, 4.69) is 24.9 Å². The molecule has 0 aliphatic carbocycles. The number of benzene rings is 1. The molecule has 3 rings (SSSR count). The molecule has 2 aromatic heterocycles. The first-order valence-electron chi connectivity index (χ1n) is 6.62. The van der Waals surface area contributed by atoms with Crippen molar-refractivity contribution < 1.29 is 8.42 Å². The van der Waals surface area contributed by atoms with Crippen LogP contribution >= 0.6 is 11.8 Å². The van der Waals surface area contributed by atoms with Gasteiger partial charge in [-0.3, -0.25) is 9.82 Å². The van der Waals surface area contributed by atoms with Crippen LogP contribution in [-0.4, -0.2) is 28.6 Å². The number of H-pyrrole nitrogens is 1. The molecular formula is C14H13N5O2S2. The van der Waals surface area contributed by atoms with E-state index in [1.807, 2.05) is 19.1 Å². The highest BCUT2D eigenvalue weighted by atomic mass is 32.2. The molecule has 3 aromatic rings. The number of nitrogens with zero attached hydrogens (tertiary/aromatic N) is 3. The van der Waals surface area contributed by atoms with Gasteiger partial charge in [0.15, 0.2) is 5.16 Å². The molecular weight excluding hydrogens is 334 g/mol. The predicted octanol–water partition coefficient (Wildman–Crippen LogP) is 2.46. The zero-order valence-electron chi connectivity index (χ0n) is 12.1. The molecule has 0 fully saturated rings. The SMILES string of the molecule is Cc1cc(Sc2ncccn2)ccc1NS(=O)(=O)c1cn[nH]c1. The van der Waals surface area contributed by atoms with Crippen molar-refractivity contribution in [2.75, 3.05) is 4.72 Å². The zero-order valence-corrected chi connectivity index (χ0v) is 13.7. The van der Waals surface area contributed by atoms with E-state index in [-0.39, 0.29) is 4.90 Å². The van der Waals surface area contributed by atoms with Crippen LogP contribution in [-0.2, 0) is 10.0 Å². The monoisotopic (exact) mass is 347 g/mol. The molecule has 118 valence electrons. The molecule has 0 unspecified atom stereocenters. The quantitative estimate of drug-likeness (QED) is 0.688. The highest BCUT2D eigenvalue weighted by Gasteiger charge is 2.16. The van der Waals surface area contributed by atoms with Crippen LogP contribution in [0.3, 0.4) is 0 Å². The molecule has 7 nitrogen and oxygen atoms in total. The van der Waals surface area contributed by atoms with Gasteiger partial charge in [-0.25, -0.2) is 18.4 Å². The van der Waals surface area contributed by atoms with Gasteiger partial charge < -0.3 is 0 Å². The fourth-order valence-electron chi connectivity index (χ4n) is 1.85. The minimum Gasteiger partial charge on any atom is -0.284 e. The summed E-state index contributed by atoms with van der Waals surface area (Å²) in [5.74, 6) is 0. The fraction of sp³-hybridized carbons (Fsp3) is 0.0714. The molecule has 0 radical (unpaired) electrons. The maximum atomic E-state index is 12.2. The van der Waals surface area contributed by atoms with Crippen LogP contribution in [0.25, 0.3) is 0 Å².